The van der Waals surface area contributed by atoms with Gasteiger partial charge in [-0.05, 0) is 30.7 Å². The molecule has 0 spiro atoms. The lowest BCUT2D eigenvalue weighted by atomic mass is 10.2. The second-order valence-electron chi connectivity index (χ2n) is 6.87. The molecule has 160 valence electrons. The maximum Gasteiger partial charge on any atom is 0.269 e. The second kappa shape index (κ2) is 9.20. The number of fused-ring (bicyclic) bond motifs is 1. The van der Waals surface area contributed by atoms with E-state index in [0.29, 0.717) is 28.1 Å². The van der Waals surface area contributed by atoms with Gasteiger partial charge < -0.3 is 14.8 Å². The molecule has 0 saturated carbocycles. The van der Waals surface area contributed by atoms with Crippen molar-refractivity contribution in [2.24, 2.45) is 0 Å². The highest BCUT2D eigenvalue weighted by Crippen LogP contribution is 2.25. The Balaban J connectivity index is 1.63. The number of hydrogen-bond donors (Lipinski definition) is 1. The number of methoxy groups -OCH3 is 1. The minimum Gasteiger partial charge on any atom is -0.461 e. The minimum absolute atomic E-state index is 0.00536. The van der Waals surface area contributed by atoms with E-state index in [4.69, 9.17) is 9.47 Å². The van der Waals surface area contributed by atoms with Gasteiger partial charge in [-0.25, -0.2) is 19.6 Å². The Morgan fingerprint density at radius 1 is 1.19 bits per heavy atom. The number of carbonyl (C=O) groups is 1. The van der Waals surface area contributed by atoms with Crippen molar-refractivity contribution >= 4 is 22.8 Å². The Bertz CT molecular complexity index is 1300. The lowest BCUT2D eigenvalue weighted by molar-refractivity contribution is -0.125. The first-order chi connectivity index (χ1) is 15.6. The fourth-order valence-electron chi connectivity index (χ4n) is 3.04. The summed E-state index contributed by atoms with van der Waals surface area (Å²) in [5, 5.41) is 17.0. The van der Waals surface area contributed by atoms with E-state index in [1.165, 1.54) is 24.3 Å². The standard InChI is InChI=1S/C22H19N7O3/c1-14-7-8-19(24-10-14)28-21(30)18(12-31-2)32-22-16-11-27-29(20(16)25-13-26-22)17-6-4-3-5-15(17)9-23/h3-8,10-11,13,18H,12H2,1-2H3,(H,24,28,30)/t18-/m0/s1. The summed E-state index contributed by atoms with van der Waals surface area (Å²) in [7, 11) is 1.47. The van der Waals surface area contributed by atoms with E-state index >= 15 is 0 Å². The topological polar surface area (TPSA) is 128 Å². The molecule has 4 rings (SSSR count). The van der Waals surface area contributed by atoms with Gasteiger partial charge in [-0.2, -0.15) is 10.4 Å². The highest BCUT2D eigenvalue weighted by molar-refractivity contribution is 5.94. The number of hydrogen-bond acceptors (Lipinski definition) is 8. The molecule has 3 heterocycles. The van der Waals surface area contributed by atoms with Crippen LogP contribution in [0.25, 0.3) is 16.7 Å². The largest absolute Gasteiger partial charge is 0.461 e. The zero-order valence-corrected chi connectivity index (χ0v) is 17.4. The summed E-state index contributed by atoms with van der Waals surface area (Å²) < 4.78 is 12.6. The average Bonchev–Trinajstić information content (AvgIpc) is 3.25. The lowest BCUT2D eigenvalue weighted by Gasteiger charge is -2.17. The molecule has 0 unspecified atom stereocenters. The molecule has 0 aliphatic carbocycles. The Morgan fingerprint density at radius 2 is 2.03 bits per heavy atom. The second-order valence-corrected chi connectivity index (χ2v) is 6.87. The Kier molecular flexibility index (Phi) is 6.00. The zero-order chi connectivity index (χ0) is 22.5. The van der Waals surface area contributed by atoms with Crippen molar-refractivity contribution < 1.29 is 14.3 Å². The first kappa shape index (κ1) is 20.9. The molecule has 3 aromatic heterocycles. The molecule has 1 aromatic carbocycles. The van der Waals surface area contributed by atoms with Crippen LogP contribution in [0.1, 0.15) is 11.1 Å². The molecule has 1 amide bonds. The summed E-state index contributed by atoms with van der Waals surface area (Å²) in [5.74, 6) is 0.140. The van der Waals surface area contributed by atoms with E-state index in [1.54, 1.807) is 36.5 Å². The predicted octanol–water partition coefficient (Wildman–Crippen LogP) is 2.42. The van der Waals surface area contributed by atoms with E-state index < -0.39 is 12.0 Å². The number of nitrogens with zero attached hydrogens (tertiary/aromatic N) is 6. The minimum atomic E-state index is -0.990. The Morgan fingerprint density at radius 3 is 2.78 bits per heavy atom. The number of aryl methyl sites for hydroxylation is 1. The maximum absolute atomic E-state index is 12.8. The molecular formula is C22H19N7O3. The lowest BCUT2D eigenvalue weighted by Crippen LogP contribution is -2.37. The van der Waals surface area contributed by atoms with Gasteiger partial charge in [0.05, 0.1) is 24.1 Å². The molecule has 4 aromatic rings. The molecule has 0 radical (unpaired) electrons. The molecule has 10 heteroatoms. The van der Waals surface area contributed by atoms with Crippen LogP contribution >= 0.6 is 0 Å². The van der Waals surface area contributed by atoms with Crippen molar-refractivity contribution in [3.63, 3.8) is 0 Å². The van der Waals surface area contributed by atoms with E-state index in [2.05, 4.69) is 31.4 Å². The van der Waals surface area contributed by atoms with Crippen LogP contribution in [-0.2, 0) is 9.53 Å². The van der Waals surface area contributed by atoms with E-state index in [1.807, 2.05) is 13.0 Å². The Hall–Kier alpha value is -4.36. The first-order valence-electron chi connectivity index (χ1n) is 9.68. The number of aromatic nitrogens is 5. The summed E-state index contributed by atoms with van der Waals surface area (Å²) in [6.07, 6.45) is 3.51. The van der Waals surface area contributed by atoms with Gasteiger partial charge >= 0.3 is 0 Å². The highest BCUT2D eigenvalue weighted by Gasteiger charge is 2.24. The summed E-state index contributed by atoms with van der Waals surface area (Å²) in [4.78, 5) is 25.4. The number of nitrogens with one attached hydrogen (secondary N) is 1. The van der Waals surface area contributed by atoms with Crippen LogP contribution in [0.15, 0.2) is 55.1 Å². The molecule has 10 nitrogen and oxygen atoms in total. The summed E-state index contributed by atoms with van der Waals surface area (Å²) >= 11 is 0. The molecule has 1 atom stereocenters. The van der Waals surface area contributed by atoms with Crippen molar-refractivity contribution in [1.29, 1.82) is 5.26 Å². The number of para-hydroxylation sites is 1. The third kappa shape index (κ3) is 4.23. The number of rotatable bonds is 7. The van der Waals surface area contributed by atoms with Crippen molar-refractivity contribution in [3.8, 4) is 17.6 Å². The number of pyridine rings is 1. The predicted molar refractivity (Wildman–Crippen MR) is 115 cm³/mol. The van der Waals surface area contributed by atoms with Crippen LogP contribution < -0.4 is 10.1 Å². The van der Waals surface area contributed by atoms with Crippen LogP contribution in [0.2, 0.25) is 0 Å². The van der Waals surface area contributed by atoms with Crippen LogP contribution in [0.5, 0.6) is 5.88 Å². The summed E-state index contributed by atoms with van der Waals surface area (Å²) in [5.41, 5.74) is 2.44. The third-order valence-electron chi connectivity index (χ3n) is 4.61. The SMILES string of the molecule is COC[C@H](Oc1ncnc2c1cnn2-c1ccccc1C#N)C(=O)Nc1ccc(C)cn1. The number of anilines is 1. The maximum atomic E-state index is 12.8. The molecular weight excluding hydrogens is 410 g/mol. The van der Waals surface area contributed by atoms with Crippen LogP contribution in [-0.4, -0.2) is 50.5 Å². The fourth-order valence-corrected chi connectivity index (χ4v) is 3.04. The number of nitriles is 1. The molecule has 0 bridgehead atoms. The van der Waals surface area contributed by atoms with Crippen molar-refractivity contribution in [2.75, 3.05) is 19.0 Å². The molecule has 0 saturated heterocycles. The van der Waals surface area contributed by atoms with Crippen molar-refractivity contribution in [1.82, 2.24) is 24.7 Å². The highest BCUT2D eigenvalue weighted by atomic mass is 16.5. The van der Waals surface area contributed by atoms with Crippen LogP contribution in [0, 0.1) is 18.3 Å². The number of carbonyl (C=O) groups excluding carboxylic acids is 1. The smallest absolute Gasteiger partial charge is 0.269 e. The molecule has 0 fully saturated rings. The molecule has 32 heavy (non-hydrogen) atoms. The first-order valence-corrected chi connectivity index (χ1v) is 9.68. The normalized spacial score (nSPS) is 11.7. The summed E-state index contributed by atoms with van der Waals surface area (Å²) in [6, 6.07) is 12.7. The summed E-state index contributed by atoms with van der Waals surface area (Å²) in [6.45, 7) is 1.90. The number of ether oxygens (including phenoxy) is 2. The van der Waals surface area contributed by atoms with Gasteiger partial charge in [0.15, 0.2) is 5.65 Å². The van der Waals surface area contributed by atoms with Gasteiger partial charge in [-0.1, -0.05) is 18.2 Å². The van der Waals surface area contributed by atoms with Gasteiger partial charge in [-0.15, -0.1) is 0 Å². The monoisotopic (exact) mass is 429 g/mol. The Labute approximate surface area is 183 Å². The van der Waals surface area contributed by atoms with Gasteiger partial charge in [-0.3, -0.25) is 4.79 Å². The third-order valence-corrected chi connectivity index (χ3v) is 4.61. The van der Waals surface area contributed by atoms with Crippen LogP contribution in [0.3, 0.4) is 0 Å². The fraction of sp³-hybridized carbons (Fsp3) is 0.182. The van der Waals surface area contributed by atoms with E-state index in [-0.39, 0.29) is 12.5 Å². The quantitative estimate of drug-likeness (QED) is 0.474. The van der Waals surface area contributed by atoms with Gasteiger partial charge in [0.2, 0.25) is 12.0 Å². The number of benzene rings is 1. The molecule has 1 N–H and O–H groups in total. The average molecular weight is 429 g/mol. The van der Waals surface area contributed by atoms with Crippen molar-refractivity contribution in [3.05, 3.63) is 66.2 Å². The van der Waals surface area contributed by atoms with Gasteiger partial charge in [0.1, 0.15) is 23.6 Å². The van der Waals surface area contributed by atoms with Gasteiger partial charge in [0.25, 0.3) is 5.91 Å². The number of amides is 1. The van der Waals surface area contributed by atoms with Gasteiger partial charge in [0, 0.05) is 13.3 Å². The molecule has 0 aliphatic heterocycles. The molecule has 0 aliphatic rings. The van der Waals surface area contributed by atoms with E-state index in [0.717, 1.165) is 5.56 Å². The van der Waals surface area contributed by atoms with Crippen LogP contribution in [0.4, 0.5) is 5.82 Å². The van der Waals surface area contributed by atoms with Crippen molar-refractivity contribution in [2.45, 2.75) is 13.0 Å². The zero-order valence-electron chi connectivity index (χ0n) is 17.4. The van der Waals surface area contributed by atoms with E-state index in [9.17, 15) is 10.1 Å².